The average Bonchev–Trinajstić information content (AvgIpc) is 3.08. The lowest BCUT2D eigenvalue weighted by Gasteiger charge is -2.44. The molecule has 1 aromatic carbocycles. The zero-order valence-electron chi connectivity index (χ0n) is 19.8. The summed E-state index contributed by atoms with van der Waals surface area (Å²) in [7, 11) is 0. The number of benzene rings is 1. The minimum Gasteiger partial charge on any atom is -0.388 e. The van der Waals surface area contributed by atoms with E-state index in [0.717, 1.165) is 25.7 Å². The second-order valence-electron chi connectivity index (χ2n) is 9.07. The molecule has 0 bridgehead atoms. The lowest BCUT2D eigenvalue weighted by molar-refractivity contribution is -0.205. The molecular weight excluding hydrogens is 476 g/mol. The third-order valence-electron chi connectivity index (χ3n) is 6.61. The molecule has 2 aliphatic heterocycles. The van der Waals surface area contributed by atoms with Crippen LogP contribution in [0, 0.1) is 0 Å². The van der Waals surface area contributed by atoms with Crippen molar-refractivity contribution in [2.75, 3.05) is 12.8 Å². The molecule has 1 aromatic rings. The molecule has 0 saturated carbocycles. The molecule has 8 atom stereocenters. The number of thioether (sulfide) groups is 1. The van der Waals surface area contributed by atoms with Gasteiger partial charge in [-0.05, 0) is 57.4 Å². The molecule has 7 nitrogen and oxygen atoms in total. The van der Waals surface area contributed by atoms with E-state index in [0.29, 0.717) is 13.0 Å². The maximum absolute atomic E-state index is 13.1. The molecule has 2 aliphatic rings. The van der Waals surface area contributed by atoms with E-state index in [1.807, 2.05) is 6.07 Å². The van der Waals surface area contributed by atoms with Crippen LogP contribution in [-0.2, 0) is 16.0 Å². The van der Waals surface area contributed by atoms with E-state index >= 15 is 0 Å². The van der Waals surface area contributed by atoms with Gasteiger partial charge in [-0.15, -0.1) is 23.4 Å². The number of amides is 1. The monoisotopic (exact) mass is 512 g/mol. The number of carbonyl (C=O) groups is 1. The molecule has 3 unspecified atom stereocenters. The summed E-state index contributed by atoms with van der Waals surface area (Å²) in [5, 5.41) is 36.6. The van der Waals surface area contributed by atoms with E-state index in [2.05, 4.69) is 41.0 Å². The maximum atomic E-state index is 13.1. The summed E-state index contributed by atoms with van der Waals surface area (Å²) in [5.74, 6) is -0.208. The van der Waals surface area contributed by atoms with Crippen molar-refractivity contribution >= 4 is 29.3 Å². The van der Waals surface area contributed by atoms with E-state index in [4.69, 9.17) is 16.3 Å². The van der Waals surface area contributed by atoms with Crippen molar-refractivity contribution in [2.45, 2.75) is 86.3 Å². The molecule has 9 heteroatoms. The van der Waals surface area contributed by atoms with E-state index in [-0.39, 0.29) is 11.9 Å². The Hall–Kier alpha value is -1.13. The molecule has 190 valence electrons. The molecule has 2 heterocycles. The molecule has 2 fully saturated rings. The van der Waals surface area contributed by atoms with Crippen LogP contribution in [0.15, 0.2) is 42.0 Å². The second-order valence-corrected chi connectivity index (χ2v) is 10.7. The Kier molecular flexibility index (Phi) is 10.7. The number of aliphatic hydroxyl groups is 3. The summed E-state index contributed by atoms with van der Waals surface area (Å²) in [6, 6.07) is 9.28. The fourth-order valence-electron chi connectivity index (χ4n) is 4.57. The van der Waals surface area contributed by atoms with Gasteiger partial charge in [-0.1, -0.05) is 42.0 Å². The second kappa shape index (κ2) is 13.3. The van der Waals surface area contributed by atoms with Crippen LogP contribution in [-0.4, -0.2) is 81.3 Å². The summed E-state index contributed by atoms with van der Waals surface area (Å²) >= 11 is 7.61. The largest absolute Gasteiger partial charge is 0.388 e. The lowest BCUT2D eigenvalue weighted by Crippen LogP contribution is -2.65. The van der Waals surface area contributed by atoms with Crippen LogP contribution in [0.4, 0.5) is 0 Å². The van der Waals surface area contributed by atoms with Gasteiger partial charge in [0.25, 0.3) is 0 Å². The SMILES string of the molecule is CSC1O[C@H]([C@H](NC(=O)[C@@H]2CC/C(=C\CCc3ccccc3)CCN2)[C@H](C)Cl)C(O)C(O)[C@H]1O. The normalized spacial score (nSPS) is 33.2. The smallest absolute Gasteiger partial charge is 0.237 e. The highest BCUT2D eigenvalue weighted by Gasteiger charge is 2.48. The number of carbonyl (C=O) groups excluding carboxylic acids is 1. The van der Waals surface area contributed by atoms with Gasteiger partial charge in [0.2, 0.25) is 5.91 Å². The minimum atomic E-state index is -1.38. The Labute approximate surface area is 211 Å². The minimum absolute atomic E-state index is 0.208. The Morgan fingerprint density at radius 1 is 1.24 bits per heavy atom. The topological polar surface area (TPSA) is 111 Å². The number of alkyl halides is 1. The maximum Gasteiger partial charge on any atom is 0.237 e. The number of aliphatic hydroxyl groups excluding tert-OH is 3. The Morgan fingerprint density at radius 3 is 2.65 bits per heavy atom. The van der Waals surface area contributed by atoms with Crippen molar-refractivity contribution in [2.24, 2.45) is 0 Å². The van der Waals surface area contributed by atoms with Crippen LogP contribution in [0.3, 0.4) is 0 Å². The predicted octanol–water partition coefficient (Wildman–Crippen LogP) is 1.97. The van der Waals surface area contributed by atoms with Crippen molar-refractivity contribution in [3.05, 3.63) is 47.5 Å². The third kappa shape index (κ3) is 7.20. The fraction of sp³-hybridized carbons (Fsp3) is 0.640. The van der Waals surface area contributed by atoms with Crippen molar-refractivity contribution in [1.82, 2.24) is 10.6 Å². The summed E-state index contributed by atoms with van der Waals surface area (Å²) in [4.78, 5) is 13.1. The van der Waals surface area contributed by atoms with Crippen molar-refractivity contribution < 1.29 is 24.9 Å². The number of halogens is 1. The van der Waals surface area contributed by atoms with Gasteiger partial charge in [-0.3, -0.25) is 4.79 Å². The molecule has 0 aromatic heterocycles. The van der Waals surface area contributed by atoms with E-state index < -0.39 is 41.3 Å². The van der Waals surface area contributed by atoms with E-state index in [1.165, 1.54) is 22.9 Å². The van der Waals surface area contributed by atoms with Crippen LogP contribution in [0.25, 0.3) is 0 Å². The van der Waals surface area contributed by atoms with Gasteiger partial charge in [0.15, 0.2) is 0 Å². The first-order valence-electron chi connectivity index (χ1n) is 11.9. The van der Waals surface area contributed by atoms with Crippen molar-refractivity contribution in [3.63, 3.8) is 0 Å². The van der Waals surface area contributed by atoms with E-state index in [9.17, 15) is 20.1 Å². The zero-order valence-corrected chi connectivity index (χ0v) is 21.3. The summed E-state index contributed by atoms with van der Waals surface area (Å²) < 4.78 is 5.84. The molecule has 0 radical (unpaired) electrons. The lowest BCUT2D eigenvalue weighted by atomic mass is 9.93. The summed E-state index contributed by atoms with van der Waals surface area (Å²) in [5.41, 5.74) is 1.95. The van der Waals surface area contributed by atoms with Crippen LogP contribution >= 0.6 is 23.4 Å². The Balaban J connectivity index is 1.57. The van der Waals surface area contributed by atoms with Gasteiger partial charge in [0.1, 0.15) is 29.9 Å². The zero-order chi connectivity index (χ0) is 24.7. The first-order valence-corrected chi connectivity index (χ1v) is 13.7. The third-order valence-corrected chi connectivity index (χ3v) is 7.74. The van der Waals surface area contributed by atoms with Crippen molar-refractivity contribution in [3.8, 4) is 0 Å². The summed E-state index contributed by atoms with van der Waals surface area (Å²) in [6.45, 7) is 2.42. The van der Waals surface area contributed by atoms with Crippen molar-refractivity contribution in [1.29, 1.82) is 0 Å². The Morgan fingerprint density at radius 2 is 1.97 bits per heavy atom. The Bertz CT molecular complexity index is 810. The first kappa shape index (κ1) is 27.5. The molecular formula is C25H37ClN2O5S. The van der Waals surface area contributed by atoms with Crippen LogP contribution < -0.4 is 10.6 Å². The highest BCUT2D eigenvalue weighted by atomic mass is 35.5. The van der Waals surface area contributed by atoms with Gasteiger partial charge in [-0.2, -0.15) is 0 Å². The highest BCUT2D eigenvalue weighted by Crippen LogP contribution is 2.30. The quantitative estimate of drug-likeness (QED) is 0.267. The number of rotatable bonds is 8. The molecule has 1 amide bonds. The standard InChI is InChI=1S/C25H37ClN2O5S/c1-15(26)19(23-21(30)20(29)22(31)25(33-23)34-2)28-24(32)18-12-11-17(13-14-27-18)10-6-9-16-7-4-3-5-8-16/h3-5,7-8,10,15,18-23,25,27,29-31H,6,9,11-14H2,1-2H3,(H,28,32)/b17-10+/t15-,18-,19+,20?,21?,22+,23+,25?/m0/s1. The predicted molar refractivity (Wildman–Crippen MR) is 136 cm³/mol. The number of ether oxygens (including phenoxy) is 1. The molecule has 3 rings (SSSR count). The molecule has 0 aliphatic carbocycles. The van der Waals surface area contributed by atoms with Crippen LogP contribution in [0.1, 0.15) is 38.2 Å². The number of aryl methyl sites for hydroxylation is 1. The first-order chi connectivity index (χ1) is 16.3. The number of nitrogens with one attached hydrogen (secondary N) is 2. The van der Waals surface area contributed by atoms with Gasteiger partial charge < -0.3 is 30.7 Å². The van der Waals surface area contributed by atoms with Gasteiger partial charge >= 0.3 is 0 Å². The van der Waals surface area contributed by atoms with Crippen LogP contribution in [0.2, 0.25) is 0 Å². The fourth-order valence-corrected chi connectivity index (χ4v) is 5.45. The van der Waals surface area contributed by atoms with Gasteiger partial charge in [0, 0.05) is 0 Å². The number of hydrogen-bond donors (Lipinski definition) is 5. The number of allylic oxidation sites excluding steroid dienone is 1. The molecule has 0 spiro atoms. The highest BCUT2D eigenvalue weighted by molar-refractivity contribution is 7.99. The van der Waals surface area contributed by atoms with Crippen LogP contribution in [0.5, 0.6) is 0 Å². The van der Waals surface area contributed by atoms with Gasteiger partial charge in [0.05, 0.1) is 17.5 Å². The molecule has 5 N–H and O–H groups in total. The summed E-state index contributed by atoms with van der Waals surface area (Å²) in [6.07, 6.45) is 3.49. The van der Waals surface area contributed by atoms with Gasteiger partial charge in [-0.25, -0.2) is 0 Å². The molecule has 34 heavy (non-hydrogen) atoms. The molecule has 2 saturated heterocycles. The average molecular weight is 513 g/mol. The van der Waals surface area contributed by atoms with E-state index in [1.54, 1.807) is 13.2 Å². The number of hydrogen-bond acceptors (Lipinski definition) is 7.